The lowest BCUT2D eigenvalue weighted by molar-refractivity contribution is -0.121. The van der Waals surface area contributed by atoms with Crippen LogP contribution in [0.5, 0.6) is 0 Å². The van der Waals surface area contributed by atoms with E-state index in [1.807, 2.05) is 0 Å². The van der Waals surface area contributed by atoms with E-state index in [0.29, 0.717) is 24.2 Å². The Labute approximate surface area is 98.6 Å². The second-order valence-electron chi connectivity index (χ2n) is 5.37. The fraction of sp³-hybridized carbons (Fsp3) is 0.923. The van der Waals surface area contributed by atoms with Crippen LogP contribution in [0.4, 0.5) is 0 Å². The minimum atomic E-state index is 0.164. The van der Waals surface area contributed by atoms with E-state index in [-0.39, 0.29) is 12.5 Å². The maximum atomic E-state index is 11.5. The summed E-state index contributed by atoms with van der Waals surface area (Å²) in [6.45, 7) is 5.28. The van der Waals surface area contributed by atoms with E-state index in [0.717, 1.165) is 25.8 Å². The molecule has 0 aromatic carbocycles. The van der Waals surface area contributed by atoms with Crippen molar-refractivity contribution < 1.29 is 9.90 Å². The summed E-state index contributed by atoms with van der Waals surface area (Å²) in [5.41, 5.74) is 0. The highest BCUT2D eigenvalue weighted by atomic mass is 16.3. The van der Waals surface area contributed by atoms with Crippen LogP contribution in [-0.4, -0.2) is 24.2 Å². The molecule has 2 atom stereocenters. The molecule has 0 aromatic rings. The first-order valence-electron chi connectivity index (χ1n) is 6.51. The van der Waals surface area contributed by atoms with Crippen LogP contribution < -0.4 is 5.32 Å². The number of aliphatic hydroxyl groups excluding tert-OH is 1. The molecular weight excluding hydrogens is 202 g/mol. The highest BCUT2D eigenvalue weighted by Gasteiger charge is 2.26. The Morgan fingerprint density at radius 2 is 2.06 bits per heavy atom. The quantitative estimate of drug-likeness (QED) is 0.728. The Bertz CT molecular complexity index is 216. The zero-order valence-corrected chi connectivity index (χ0v) is 10.5. The van der Waals surface area contributed by atoms with Crippen LogP contribution in [0.1, 0.15) is 46.0 Å². The number of hydrogen-bond acceptors (Lipinski definition) is 2. The fourth-order valence-electron chi connectivity index (χ4n) is 2.38. The SMILES string of the molecule is CC(C)CCC(=O)NCC1CCCC1CO. The molecule has 0 spiro atoms. The molecule has 94 valence electrons. The Balaban J connectivity index is 2.16. The van der Waals surface area contributed by atoms with E-state index in [2.05, 4.69) is 19.2 Å². The van der Waals surface area contributed by atoms with Crippen LogP contribution >= 0.6 is 0 Å². The Morgan fingerprint density at radius 1 is 1.38 bits per heavy atom. The number of carbonyl (C=O) groups excluding carboxylic acids is 1. The molecule has 2 unspecified atom stereocenters. The molecule has 3 nitrogen and oxygen atoms in total. The molecule has 1 aliphatic carbocycles. The molecule has 0 bridgehead atoms. The maximum absolute atomic E-state index is 11.5. The van der Waals surface area contributed by atoms with Crippen LogP contribution in [-0.2, 0) is 4.79 Å². The van der Waals surface area contributed by atoms with Gasteiger partial charge < -0.3 is 10.4 Å². The molecular formula is C13H25NO2. The van der Waals surface area contributed by atoms with Gasteiger partial charge in [-0.2, -0.15) is 0 Å². The number of carbonyl (C=O) groups is 1. The zero-order valence-electron chi connectivity index (χ0n) is 10.5. The smallest absolute Gasteiger partial charge is 0.220 e. The van der Waals surface area contributed by atoms with Crippen LogP contribution in [0.2, 0.25) is 0 Å². The second kappa shape index (κ2) is 6.89. The summed E-state index contributed by atoms with van der Waals surface area (Å²) in [5.74, 6) is 1.65. The largest absolute Gasteiger partial charge is 0.396 e. The van der Waals surface area contributed by atoms with Crippen molar-refractivity contribution in [3.05, 3.63) is 0 Å². The van der Waals surface area contributed by atoms with Crippen LogP contribution in [0.15, 0.2) is 0 Å². The van der Waals surface area contributed by atoms with Gasteiger partial charge in [-0.3, -0.25) is 4.79 Å². The van der Waals surface area contributed by atoms with Gasteiger partial charge in [0.1, 0.15) is 0 Å². The fourth-order valence-corrected chi connectivity index (χ4v) is 2.38. The van der Waals surface area contributed by atoms with E-state index < -0.39 is 0 Å². The van der Waals surface area contributed by atoms with Crippen LogP contribution in [0.3, 0.4) is 0 Å². The normalized spacial score (nSPS) is 25.0. The summed E-state index contributed by atoms with van der Waals surface area (Å²) in [6, 6.07) is 0. The van der Waals surface area contributed by atoms with Crippen molar-refractivity contribution in [1.29, 1.82) is 0 Å². The van der Waals surface area contributed by atoms with E-state index in [1.165, 1.54) is 6.42 Å². The van der Waals surface area contributed by atoms with Crippen molar-refractivity contribution in [2.75, 3.05) is 13.2 Å². The molecule has 1 aliphatic rings. The van der Waals surface area contributed by atoms with E-state index in [4.69, 9.17) is 5.11 Å². The van der Waals surface area contributed by atoms with Crippen molar-refractivity contribution in [3.63, 3.8) is 0 Å². The number of rotatable bonds is 6. The monoisotopic (exact) mass is 227 g/mol. The van der Waals surface area contributed by atoms with Gasteiger partial charge in [0.2, 0.25) is 5.91 Å². The molecule has 16 heavy (non-hydrogen) atoms. The summed E-state index contributed by atoms with van der Waals surface area (Å²) >= 11 is 0. The highest BCUT2D eigenvalue weighted by molar-refractivity contribution is 5.75. The minimum Gasteiger partial charge on any atom is -0.396 e. The van der Waals surface area contributed by atoms with E-state index in [9.17, 15) is 4.79 Å². The summed E-state index contributed by atoms with van der Waals surface area (Å²) in [4.78, 5) is 11.5. The van der Waals surface area contributed by atoms with Crippen molar-refractivity contribution in [1.82, 2.24) is 5.32 Å². The molecule has 0 aliphatic heterocycles. The Hall–Kier alpha value is -0.570. The topological polar surface area (TPSA) is 49.3 Å². The first-order chi connectivity index (χ1) is 7.63. The number of nitrogens with one attached hydrogen (secondary N) is 1. The lowest BCUT2D eigenvalue weighted by Gasteiger charge is -2.17. The van der Waals surface area contributed by atoms with Gasteiger partial charge in [-0.1, -0.05) is 20.3 Å². The average molecular weight is 227 g/mol. The zero-order chi connectivity index (χ0) is 12.0. The standard InChI is InChI=1S/C13H25NO2/c1-10(2)6-7-13(16)14-8-11-4-3-5-12(11)9-15/h10-12,15H,3-9H2,1-2H3,(H,14,16). The first-order valence-corrected chi connectivity index (χ1v) is 6.51. The second-order valence-corrected chi connectivity index (χ2v) is 5.37. The average Bonchev–Trinajstić information content (AvgIpc) is 2.70. The van der Waals surface area contributed by atoms with Gasteiger partial charge in [-0.05, 0) is 37.0 Å². The maximum Gasteiger partial charge on any atom is 0.220 e. The van der Waals surface area contributed by atoms with Gasteiger partial charge in [-0.15, -0.1) is 0 Å². The summed E-state index contributed by atoms with van der Waals surface area (Å²) < 4.78 is 0. The molecule has 1 fully saturated rings. The molecule has 2 N–H and O–H groups in total. The van der Waals surface area contributed by atoms with E-state index in [1.54, 1.807) is 0 Å². The van der Waals surface area contributed by atoms with Crippen molar-refractivity contribution >= 4 is 5.91 Å². The predicted octanol–water partition coefficient (Wildman–Crippen LogP) is 1.95. The van der Waals surface area contributed by atoms with Gasteiger partial charge in [0.05, 0.1) is 0 Å². The van der Waals surface area contributed by atoms with Crippen molar-refractivity contribution in [2.24, 2.45) is 17.8 Å². The third kappa shape index (κ3) is 4.52. The molecule has 0 saturated heterocycles. The third-order valence-electron chi connectivity index (χ3n) is 3.56. The summed E-state index contributed by atoms with van der Waals surface area (Å²) in [5, 5.41) is 12.2. The lowest BCUT2D eigenvalue weighted by atomic mass is 9.97. The first kappa shape index (κ1) is 13.5. The van der Waals surface area contributed by atoms with Crippen LogP contribution in [0, 0.1) is 17.8 Å². The molecule has 0 heterocycles. The summed E-state index contributed by atoms with van der Waals surface area (Å²) in [6.07, 6.45) is 5.05. The van der Waals surface area contributed by atoms with Gasteiger partial charge in [0, 0.05) is 19.6 Å². The van der Waals surface area contributed by atoms with E-state index >= 15 is 0 Å². The number of aliphatic hydroxyl groups is 1. The molecule has 0 radical (unpaired) electrons. The Morgan fingerprint density at radius 3 is 2.69 bits per heavy atom. The lowest BCUT2D eigenvalue weighted by Crippen LogP contribution is -2.31. The van der Waals surface area contributed by atoms with Crippen LogP contribution in [0.25, 0.3) is 0 Å². The highest BCUT2D eigenvalue weighted by Crippen LogP contribution is 2.30. The predicted molar refractivity (Wildman–Crippen MR) is 65.0 cm³/mol. The van der Waals surface area contributed by atoms with Gasteiger partial charge in [0.15, 0.2) is 0 Å². The molecule has 0 aromatic heterocycles. The molecule has 1 saturated carbocycles. The minimum absolute atomic E-state index is 0.164. The van der Waals surface area contributed by atoms with Gasteiger partial charge >= 0.3 is 0 Å². The van der Waals surface area contributed by atoms with Crippen molar-refractivity contribution in [3.8, 4) is 0 Å². The number of hydrogen-bond donors (Lipinski definition) is 2. The summed E-state index contributed by atoms with van der Waals surface area (Å²) in [7, 11) is 0. The molecule has 3 heteroatoms. The third-order valence-corrected chi connectivity index (χ3v) is 3.56. The molecule has 1 amide bonds. The Kier molecular flexibility index (Phi) is 5.81. The molecule has 1 rings (SSSR count). The van der Waals surface area contributed by atoms with Gasteiger partial charge in [-0.25, -0.2) is 0 Å². The van der Waals surface area contributed by atoms with Gasteiger partial charge in [0.25, 0.3) is 0 Å². The van der Waals surface area contributed by atoms with Crippen molar-refractivity contribution in [2.45, 2.75) is 46.0 Å². The number of amides is 1.